The molecule has 1 atom stereocenters. The zero-order valence-corrected chi connectivity index (χ0v) is 17.7. The number of benzene rings is 1. The standard InChI is InChI=1S/C12H21NO3.C10H9NO.H4N2/c1-12(3-6-16-7-4-12)8-11(15)13-5-2-10(14)9-13;1-2-9-3-5-10(6-4-9)7-11-8-12;1-2/h10,14H,2-9H2,1H3;1,3-6,8H,7H2,(H,11,12);1-2H2. The summed E-state index contributed by atoms with van der Waals surface area (Å²) in [5.74, 6) is 10.7. The molecule has 166 valence electrons. The van der Waals surface area contributed by atoms with Crippen molar-refractivity contribution in [2.45, 2.75) is 45.3 Å². The van der Waals surface area contributed by atoms with Crippen molar-refractivity contribution in [3.05, 3.63) is 35.4 Å². The highest BCUT2D eigenvalue weighted by molar-refractivity contribution is 5.77. The molecule has 8 heteroatoms. The summed E-state index contributed by atoms with van der Waals surface area (Å²) in [6.45, 7) is 5.49. The summed E-state index contributed by atoms with van der Waals surface area (Å²) in [5.41, 5.74) is 1.99. The number of ether oxygens (including phenoxy) is 1. The van der Waals surface area contributed by atoms with E-state index in [0.29, 0.717) is 32.5 Å². The van der Waals surface area contributed by atoms with E-state index < -0.39 is 0 Å². The Morgan fingerprint density at radius 1 is 1.37 bits per heavy atom. The number of nitrogens with zero attached hydrogens (tertiary/aromatic N) is 1. The highest BCUT2D eigenvalue weighted by atomic mass is 16.5. The molecule has 1 aromatic carbocycles. The van der Waals surface area contributed by atoms with E-state index in [1.807, 2.05) is 24.3 Å². The number of hydrogen-bond acceptors (Lipinski definition) is 6. The number of aliphatic hydroxyl groups is 1. The maximum Gasteiger partial charge on any atom is 0.223 e. The lowest BCUT2D eigenvalue weighted by Crippen LogP contribution is -2.36. The molecule has 0 aliphatic carbocycles. The Kier molecular flexibility index (Phi) is 11.7. The first kappa shape index (κ1) is 25.6. The van der Waals surface area contributed by atoms with E-state index in [-0.39, 0.29) is 17.4 Å². The van der Waals surface area contributed by atoms with Crippen LogP contribution in [-0.4, -0.2) is 54.7 Å². The second-order valence-electron chi connectivity index (χ2n) is 7.72. The average molecular weight is 419 g/mol. The van der Waals surface area contributed by atoms with Crippen LogP contribution in [0.1, 0.15) is 43.7 Å². The number of nitrogens with two attached hydrogens (primary N) is 2. The predicted molar refractivity (Wildman–Crippen MR) is 116 cm³/mol. The van der Waals surface area contributed by atoms with Crippen LogP contribution in [0, 0.1) is 17.8 Å². The van der Waals surface area contributed by atoms with Crippen molar-refractivity contribution < 1.29 is 19.4 Å². The van der Waals surface area contributed by atoms with Gasteiger partial charge in [-0.15, -0.1) is 6.42 Å². The Bertz CT molecular complexity index is 681. The lowest BCUT2D eigenvalue weighted by molar-refractivity contribution is -0.134. The number of β-amino-alcohol motifs (C(OH)–C–C–N with tert-alkyl or cyclic N) is 1. The van der Waals surface area contributed by atoms with Crippen LogP contribution in [0.15, 0.2) is 24.3 Å². The third-order valence-corrected chi connectivity index (χ3v) is 5.30. The fraction of sp³-hybridized carbons (Fsp3) is 0.545. The molecule has 2 aliphatic heterocycles. The van der Waals surface area contributed by atoms with Gasteiger partial charge in [-0.25, -0.2) is 0 Å². The lowest BCUT2D eigenvalue weighted by Gasteiger charge is -2.34. The van der Waals surface area contributed by atoms with Crippen LogP contribution < -0.4 is 17.0 Å². The summed E-state index contributed by atoms with van der Waals surface area (Å²) in [4.78, 5) is 23.8. The van der Waals surface area contributed by atoms with Crippen LogP contribution >= 0.6 is 0 Å². The van der Waals surface area contributed by atoms with E-state index in [9.17, 15) is 14.7 Å². The summed E-state index contributed by atoms with van der Waals surface area (Å²) in [5, 5.41) is 12.0. The molecule has 30 heavy (non-hydrogen) atoms. The number of nitrogens with one attached hydrogen (secondary N) is 1. The fourth-order valence-corrected chi connectivity index (χ4v) is 3.36. The molecular formula is C22H34N4O4. The molecule has 0 aromatic heterocycles. The molecule has 2 amide bonds. The van der Waals surface area contributed by atoms with Gasteiger partial charge < -0.3 is 20.1 Å². The Labute approximate surface area is 178 Å². The SMILES string of the molecule is C#Cc1ccc(CNC=O)cc1.CC1(CC(=O)N2CCC(O)C2)CCOCC1.NN. The largest absolute Gasteiger partial charge is 0.391 e. The van der Waals surface area contributed by atoms with Crippen LogP contribution in [0.25, 0.3) is 0 Å². The maximum absolute atomic E-state index is 12.0. The molecule has 0 spiro atoms. The Hall–Kier alpha value is -2.44. The van der Waals surface area contributed by atoms with Crippen LogP contribution in [0.5, 0.6) is 0 Å². The number of amides is 2. The minimum absolute atomic E-state index is 0.100. The van der Waals surface area contributed by atoms with Crippen molar-refractivity contribution in [3.8, 4) is 12.3 Å². The van der Waals surface area contributed by atoms with Gasteiger partial charge in [0.2, 0.25) is 12.3 Å². The van der Waals surface area contributed by atoms with Crippen LogP contribution in [0.3, 0.4) is 0 Å². The summed E-state index contributed by atoms with van der Waals surface area (Å²) in [6.07, 6.45) is 8.80. The smallest absolute Gasteiger partial charge is 0.223 e. The van der Waals surface area contributed by atoms with Crippen molar-refractivity contribution in [1.29, 1.82) is 0 Å². The van der Waals surface area contributed by atoms with Crippen LogP contribution in [0.4, 0.5) is 0 Å². The first-order valence-corrected chi connectivity index (χ1v) is 10.1. The van der Waals surface area contributed by atoms with Gasteiger partial charge >= 0.3 is 0 Å². The minimum atomic E-state index is -0.313. The summed E-state index contributed by atoms with van der Waals surface area (Å²) in [7, 11) is 0. The number of carbonyl (C=O) groups is 2. The van der Waals surface area contributed by atoms with E-state index in [1.54, 1.807) is 4.90 Å². The monoisotopic (exact) mass is 418 g/mol. The quantitative estimate of drug-likeness (QED) is 0.239. The molecule has 2 aliphatic rings. The van der Waals surface area contributed by atoms with Crippen molar-refractivity contribution in [1.82, 2.24) is 10.2 Å². The summed E-state index contributed by atoms with van der Waals surface area (Å²) in [6, 6.07) is 7.49. The first-order valence-electron chi connectivity index (χ1n) is 10.1. The fourth-order valence-electron chi connectivity index (χ4n) is 3.36. The molecule has 0 saturated carbocycles. The second kappa shape index (κ2) is 13.7. The van der Waals surface area contributed by atoms with Gasteiger partial charge in [-0.05, 0) is 42.4 Å². The van der Waals surface area contributed by atoms with Gasteiger partial charge in [0.15, 0.2) is 0 Å². The van der Waals surface area contributed by atoms with E-state index in [2.05, 4.69) is 29.8 Å². The Morgan fingerprint density at radius 3 is 2.50 bits per heavy atom. The van der Waals surface area contributed by atoms with E-state index in [0.717, 1.165) is 43.6 Å². The van der Waals surface area contributed by atoms with Gasteiger partial charge in [-0.1, -0.05) is 25.0 Å². The number of likely N-dealkylation sites (tertiary alicyclic amines) is 1. The van der Waals surface area contributed by atoms with Crippen LogP contribution in [-0.2, 0) is 20.9 Å². The van der Waals surface area contributed by atoms with Gasteiger partial charge in [0.1, 0.15) is 0 Å². The Balaban J connectivity index is 0.000000287. The number of hydrogen-bond donors (Lipinski definition) is 4. The number of carbonyl (C=O) groups excluding carboxylic acids is 2. The average Bonchev–Trinajstić information content (AvgIpc) is 3.21. The van der Waals surface area contributed by atoms with Gasteiger partial charge in [0.25, 0.3) is 0 Å². The molecule has 1 unspecified atom stereocenters. The minimum Gasteiger partial charge on any atom is -0.391 e. The zero-order chi connectivity index (χ0) is 22.4. The van der Waals surface area contributed by atoms with Crippen molar-refractivity contribution in [2.24, 2.45) is 17.1 Å². The molecular weight excluding hydrogens is 384 g/mol. The second-order valence-corrected chi connectivity index (χ2v) is 7.72. The summed E-state index contributed by atoms with van der Waals surface area (Å²) >= 11 is 0. The van der Waals surface area contributed by atoms with Crippen molar-refractivity contribution in [3.63, 3.8) is 0 Å². The third-order valence-electron chi connectivity index (χ3n) is 5.30. The highest BCUT2D eigenvalue weighted by Gasteiger charge is 2.33. The number of rotatable bonds is 5. The third kappa shape index (κ3) is 8.93. The number of hydrazine groups is 1. The van der Waals surface area contributed by atoms with Gasteiger partial charge in [-0.3, -0.25) is 21.3 Å². The van der Waals surface area contributed by atoms with E-state index >= 15 is 0 Å². The normalized spacial score (nSPS) is 19.3. The van der Waals surface area contributed by atoms with Gasteiger partial charge in [0, 0.05) is 44.8 Å². The topological polar surface area (TPSA) is 131 Å². The highest BCUT2D eigenvalue weighted by Crippen LogP contribution is 2.34. The molecule has 1 aromatic rings. The molecule has 6 N–H and O–H groups in total. The molecule has 0 radical (unpaired) electrons. The molecule has 0 bridgehead atoms. The van der Waals surface area contributed by atoms with Crippen molar-refractivity contribution in [2.75, 3.05) is 26.3 Å². The zero-order valence-electron chi connectivity index (χ0n) is 17.7. The summed E-state index contributed by atoms with van der Waals surface area (Å²) < 4.78 is 5.32. The molecule has 3 rings (SSSR count). The number of terminal acetylenes is 1. The van der Waals surface area contributed by atoms with Gasteiger partial charge in [-0.2, -0.15) is 0 Å². The first-order chi connectivity index (χ1) is 14.5. The predicted octanol–water partition coefficient (Wildman–Crippen LogP) is 0.519. The molecule has 2 saturated heterocycles. The molecule has 8 nitrogen and oxygen atoms in total. The lowest BCUT2D eigenvalue weighted by atomic mass is 9.79. The Morgan fingerprint density at radius 2 is 2.00 bits per heavy atom. The molecule has 2 fully saturated rings. The van der Waals surface area contributed by atoms with E-state index in [1.165, 1.54) is 0 Å². The molecule has 2 heterocycles. The van der Waals surface area contributed by atoms with Gasteiger partial charge in [0.05, 0.1) is 6.10 Å². The number of aliphatic hydroxyl groups excluding tert-OH is 1. The maximum atomic E-state index is 12.0. The van der Waals surface area contributed by atoms with E-state index in [4.69, 9.17) is 11.2 Å². The van der Waals surface area contributed by atoms with Crippen molar-refractivity contribution >= 4 is 12.3 Å². The van der Waals surface area contributed by atoms with Crippen LogP contribution in [0.2, 0.25) is 0 Å².